The number of ether oxygens (including phenoxy) is 2. The predicted molar refractivity (Wildman–Crippen MR) is 40.2 cm³/mol. The Morgan fingerprint density at radius 3 is 3.09 bits per heavy atom. The van der Waals surface area contributed by atoms with Gasteiger partial charge >= 0.3 is 0 Å². The highest BCUT2D eigenvalue weighted by molar-refractivity contribution is 4.65. The lowest BCUT2D eigenvalue weighted by Crippen LogP contribution is -2.20. The molecule has 4 heteroatoms. The first-order valence-corrected chi connectivity index (χ1v) is 3.89. The largest absolute Gasteiger partial charge is 0.391 e. The quantitative estimate of drug-likeness (QED) is 0.537. The lowest BCUT2D eigenvalue weighted by Gasteiger charge is -2.09. The van der Waals surface area contributed by atoms with Crippen molar-refractivity contribution in [3.8, 4) is 0 Å². The Hall–Kier alpha value is -0.160. The molecule has 2 N–H and O–H groups in total. The van der Waals surface area contributed by atoms with Crippen LogP contribution in [0.4, 0.5) is 0 Å². The molecular weight excluding hydrogens is 146 g/mol. The summed E-state index contributed by atoms with van der Waals surface area (Å²) in [5, 5.41) is 12.0. The van der Waals surface area contributed by atoms with Crippen molar-refractivity contribution >= 4 is 0 Å². The maximum Gasteiger partial charge on any atom is 0.160 e. The van der Waals surface area contributed by atoms with Gasteiger partial charge in [0.2, 0.25) is 0 Å². The number of aliphatic hydroxyl groups excluding tert-OH is 1. The smallest absolute Gasteiger partial charge is 0.160 e. The van der Waals surface area contributed by atoms with Crippen LogP contribution in [0.25, 0.3) is 0 Å². The Kier molecular flexibility index (Phi) is 3.79. The van der Waals surface area contributed by atoms with E-state index < -0.39 is 0 Å². The molecule has 0 bridgehead atoms. The fraction of sp³-hybridized carbons (Fsp3) is 1.00. The third-order valence-electron chi connectivity index (χ3n) is 1.59. The first kappa shape index (κ1) is 8.93. The van der Waals surface area contributed by atoms with E-state index in [9.17, 15) is 0 Å². The molecule has 0 radical (unpaired) electrons. The standard InChI is InChI=1S/C7H15NO3/c1-8-2-3-10-7-4-6(9)5-11-7/h6-9H,2-5H2,1H3/t6-,7-/m0/s1. The van der Waals surface area contributed by atoms with Gasteiger partial charge in [0.05, 0.1) is 19.3 Å². The number of hydrogen-bond acceptors (Lipinski definition) is 4. The van der Waals surface area contributed by atoms with Gasteiger partial charge in [-0.2, -0.15) is 0 Å². The molecule has 0 aromatic heterocycles. The molecule has 1 aliphatic rings. The van der Waals surface area contributed by atoms with Gasteiger partial charge in [0.1, 0.15) is 0 Å². The van der Waals surface area contributed by atoms with Gasteiger partial charge in [-0.3, -0.25) is 0 Å². The molecular formula is C7H15NO3. The monoisotopic (exact) mass is 161 g/mol. The minimum Gasteiger partial charge on any atom is -0.391 e. The minimum atomic E-state index is -0.338. The molecule has 0 unspecified atom stereocenters. The van der Waals surface area contributed by atoms with Crippen LogP contribution >= 0.6 is 0 Å². The van der Waals surface area contributed by atoms with Crippen LogP contribution < -0.4 is 5.32 Å². The number of nitrogens with one attached hydrogen (secondary N) is 1. The summed E-state index contributed by atoms with van der Waals surface area (Å²) in [6.45, 7) is 1.86. The highest BCUT2D eigenvalue weighted by Crippen LogP contribution is 2.13. The van der Waals surface area contributed by atoms with Gasteiger partial charge in [-0.1, -0.05) is 0 Å². The van der Waals surface area contributed by atoms with Gasteiger partial charge in [-0.05, 0) is 7.05 Å². The fourth-order valence-electron chi connectivity index (χ4n) is 0.985. The summed E-state index contributed by atoms with van der Waals surface area (Å²) >= 11 is 0. The molecule has 1 saturated heterocycles. The number of likely N-dealkylation sites (N-methyl/N-ethyl adjacent to an activating group) is 1. The summed E-state index contributed by atoms with van der Waals surface area (Å²) in [5.41, 5.74) is 0. The van der Waals surface area contributed by atoms with E-state index in [4.69, 9.17) is 14.6 Å². The van der Waals surface area contributed by atoms with Crippen LogP contribution in [0.1, 0.15) is 6.42 Å². The van der Waals surface area contributed by atoms with Crippen molar-refractivity contribution in [3.63, 3.8) is 0 Å². The summed E-state index contributed by atoms with van der Waals surface area (Å²) < 4.78 is 10.4. The predicted octanol–water partition coefficient (Wildman–Crippen LogP) is -0.670. The molecule has 0 aromatic carbocycles. The minimum absolute atomic E-state index is 0.196. The Morgan fingerprint density at radius 1 is 1.73 bits per heavy atom. The second-order valence-electron chi connectivity index (χ2n) is 2.63. The van der Waals surface area contributed by atoms with E-state index in [2.05, 4.69) is 5.32 Å². The first-order valence-electron chi connectivity index (χ1n) is 3.89. The van der Waals surface area contributed by atoms with Gasteiger partial charge < -0.3 is 19.9 Å². The van der Waals surface area contributed by atoms with E-state index in [1.54, 1.807) is 0 Å². The van der Waals surface area contributed by atoms with Crippen molar-refractivity contribution < 1.29 is 14.6 Å². The van der Waals surface area contributed by atoms with Crippen molar-refractivity contribution in [2.75, 3.05) is 26.8 Å². The maximum absolute atomic E-state index is 9.04. The van der Waals surface area contributed by atoms with E-state index >= 15 is 0 Å². The average Bonchev–Trinajstić information content (AvgIpc) is 2.37. The van der Waals surface area contributed by atoms with E-state index in [1.165, 1.54) is 0 Å². The molecule has 11 heavy (non-hydrogen) atoms. The molecule has 2 atom stereocenters. The SMILES string of the molecule is CNCCO[C@@H]1C[C@H](O)CO1. The molecule has 0 saturated carbocycles. The maximum atomic E-state index is 9.04. The zero-order chi connectivity index (χ0) is 8.10. The molecule has 1 fully saturated rings. The number of hydrogen-bond donors (Lipinski definition) is 2. The highest BCUT2D eigenvalue weighted by Gasteiger charge is 2.23. The summed E-state index contributed by atoms with van der Waals surface area (Å²) in [7, 11) is 1.87. The second kappa shape index (κ2) is 4.66. The summed E-state index contributed by atoms with van der Waals surface area (Å²) in [6, 6.07) is 0. The third-order valence-corrected chi connectivity index (χ3v) is 1.59. The molecule has 1 heterocycles. The Labute approximate surface area is 66.5 Å². The van der Waals surface area contributed by atoms with Gasteiger partial charge in [0.25, 0.3) is 0 Å². The van der Waals surface area contributed by atoms with Crippen molar-refractivity contribution in [2.45, 2.75) is 18.8 Å². The average molecular weight is 161 g/mol. The van der Waals surface area contributed by atoms with Gasteiger partial charge in [0.15, 0.2) is 6.29 Å². The molecule has 0 aliphatic carbocycles. The van der Waals surface area contributed by atoms with Crippen LogP contribution in [-0.4, -0.2) is 44.3 Å². The Morgan fingerprint density at radius 2 is 2.55 bits per heavy atom. The highest BCUT2D eigenvalue weighted by atomic mass is 16.7. The molecule has 1 rings (SSSR count). The van der Waals surface area contributed by atoms with Gasteiger partial charge in [0, 0.05) is 13.0 Å². The lowest BCUT2D eigenvalue weighted by atomic mass is 10.3. The van der Waals surface area contributed by atoms with E-state index in [0.29, 0.717) is 19.6 Å². The molecule has 0 amide bonds. The lowest BCUT2D eigenvalue weighted by molar-refractivity contribution is -0.109. The van der Waals surface area contributed by atoms with Crippen LogP contribution in [0.2, 0.25) is 0 Å². The number of rotatable bonds is 4. The summed E-state index contributed by atoms with van der Waals surface area (Å²) in [4.78, 5) is 0. The fourth-order valence-corrected chi connectivity index (χ4v) is 0.985. The van der Waals surface area contributed by atoms with E-state index in [-0.39, 0.29) is 12.4 Å². The van der Waals surface area contributed by atoms with Crippen molar-refractivity contribution in [3.05, 3.63) is 0 Å². The van der Waals surface area contributed by atoms with Crippen molar-refractivity contribution in [2.24, 2.45) is 0 Å². The summed E-state index contributed by atoms with van der Waals surface area (Å²) in [5.74, 6) is 0. The Bertz CT molecular complexity index is 110. The number of aliphatic hydroxyl groups is 1. The van der Waals surface area contributed by atoms with Crippen molar-refractivity contribution in [1.29, 1.82) is 0 Å². The van der Waals surface area contributed by atoms with E-state index in [1.807, 2.05) is 7.05 Å². The molecule has 0 aromatic rings. The normalized spacial score (nSPS) is 31.1. The molecule has 4 nitrogen and oxygen atoms in total. The van der Waals surface area contributed by atoms with Gasteiger partial charge in [-0.15, -0.1) is 0 Å². The van der Waals surface area contributed by atoms with Crippen LogP contribution in [0.3, 0.4) is 0 Å². The van der Waals surface area contributed by atoms with Crippen LogP contribution in [0.15, 0.2) is 0 Å². The van der Waals surface area contributed by atoms with Crippen molar-refractivity contribution in [1.82, 2.24) is 5.32 Å². The third kappa shape index (κ3) is 3.16. The first-order chi connectivity index (χ1) is 5.33. The van der Waals surface area contributed by atoms with Crippen LogP contribution in [0, 0.1) is 0 Å². The molecule has 0 spiro atoms. The zero-order valence-electron chi connectivity index (χ0n) is 6.75. The molecule has 66 valence electrons. The van der Waals surface area contributed by atoms with E-state index in [0.717, 1.165) is 6.54 Å². The Balaban J connectivity index is 1.99. The summed E-state index contributed by atoms with van der Waals surface area (Å²) in [6.07, 6.45) is 0.0666. The van der Waals surface area contributed by atoms with Crippen LogP contribution in [0.5, 0.6) is 0 Å². The second-order valence-corrected chi connectivity index (χ2v) is 2.63. The molecule has 1 aliphatic heterocycles. The van der Waals surface area contributed by atoms with Gasteiger partial charge in [-0.25, -0.2) is 0 Å². The zero-order valence-corrected chi connectivity index (χ0v) is 6.75. The topological polar surface area (TPSA) is 50.7 Å². The van der Waals surface area contributed by atoms with Crippen LogP contribution in [-0.2, 0) is 9.47 Å².